The number of carbonyl (C=O) groups excluding carboxylic acids is 2. The first kappa shape index (κ1) is 23.7. The Morgan fingerprint density at radius 1 is 1.07 bits per heavy atom. The fourth-order valence-electron chi connectivity index (χ4n) is 5.38. The number of carbonyl (C=O) groups is 3. The molecular weight excluding hydrogens is 370 g/mol. The third kappa shape index (κ3) is 4.95. The number of carboxylic acids is 1. The molecule has 2 aliphatic rings. The molecule has 0 aromatic carbocycles. The van der Waals surface area contributed by atoms with E-state index in [0.29, 0.717) is 12.3 Å². The van der Waals surface area contributed by atoms with Crippen molar-refractivity contribution in [2.24, 2.45) is 40.4 Å². The third-order valence-corrected chi connectivity index (χ3v) is 6.98. The summed E-state index contributed by atoms with van der Waals surface area (Å²) in [5, 5.41) is 12.7. The van der Waals surface area contributed by atoms with Crippen LogP contribution in [0.25, 0.3) is 0 Å². The Morgan fingerprint density at radius 2 is 1.62 bits per heavy atom. The largest absolute Gasteiger partial charge is 0.481 e. The molecule has 0 radical (unpaired) electrons. The molecule has 6 atom stereocenters. The first-order chi connectivity index (χ1) is 13.0. The van der Waals surface area contributed by atoms with Crippen molar-refractivity contribution in [2.45, 2.75) is 86.8 Å². The molecule has 29 heavy (non-hydrogen) atoms. The molecule has 2 aliphatic carbocycles. The normalized spacial score (nSPS) is 32.4. The van der Waals surface area contributed by atoms with E-state index in [-0.39, 0.29) is 29.0 Å². The standard InChI is InChI=1S/C23H39NO5/c1-12-13(10-11-14-16(23(14,8)9)15(12)19(26)27)17(25)18(21(2,3)4)24-20(28)29-22(5,6)7/h12-16,18H,10-11H2,1-9H3,(H,24,28)(H,26,27)/t12?,13?,14-,15-,16-,18+/m0/s1. The molecule has 1 amide bonds. The smallest absolute Gasteiger partial charge is 0.408 e. The summed E-state index contributed by atoms with van der Waals surface area (Å²) in [5.74, 6) is -1.64. The van der Waals surface area contributed by atoms with Gasteiger partial charge in [-0.2, -0.15) is 0 Å². The van der Waals surface area contributed by atoms with Crippen LogP contribution < -0.4 is 5.32 Å². The van der Waals surface area contributed by atoms with Crippen molar-refractivity contribution in [1.82, 2.24) is 5.32 Å². The van der Waals surface area contributed by atoms with E-state index in [1.807, 2.05) is 27.7 Å². The summed E-state index contributed by atoms with van der Waals surface area (Å²) >= 11 is 0. The lowest BCUT2D eigenvalue weighted by Crippen LogP contribution is -2.53. The number of aliphatic carboxylic acids is 1. The second-order valence-corrected chi connectivity index (χ2v) is 11.7. The van der Waals surface area contributed by atoms with Crippen LogP contribution in [0.5, 0.6) is 0 Å². The van der Waals surface area contributed by atoms with E-state index >= 15 is 0 Å². The van der Waals surface area contributed by atoms with Gasteiger partial charge >= 0.3 is 12.1 Å². The molecule has 2 saturated carbocycles. The Kier molecular flexibility index (Phi) is 6.20. The monoisotopic (exact) mass is 409 g/mol. The fourth-order valence-corrected chi connectivity index (χ4v) is 5.38. The number of ether oxygens (including phenoxy) is 1. The number of Topliss-reactive ketones (excluding diaryl/α,β-unsaturated/α-hetero) is 1. The minimum Gasteiger partial charge on any atom is -0.481 e. The summed E-state index contributed by atoms with van der Waals surface area (Å²) < 4.78 is 5.37. The number of rotatable bonds is 4. The first-order valence-electron chi connectivity index (χ1n) is 10.7. The van der Waals surface area contributed by atoms with E-state index in [2.05, 4.69) is 19.2 Å². The van der Waals surface area contributed by atoms with Crippen LogP contribution in [0.3, 0.4) is 0 Å². The van der Waals surface area contributed by atoms with Gasteiger partial charge in [-0.3, -0.25) is 9.59 Å². The summed E-state index contributed by atoms with van der Waals surface area (Å²) in [5.41, 5.74) is -1.16. The Balaban J connectivity index is 2.26. The van der Waals surface area contributed by atoms with Crippen molar-refractivity contribution in [2.75, 3.05) is 0 Å². The lowest BCUT2D eigenvalue weighted by atomic mass is 9.71. The summed E-state index contributed by atoms with van der Waals surface area (Å²) in [4.78, 5) is 38.1. The molecule has 6 nitrogen and oxygen atoms in total. The number of hydrogen-bond donors (Lipinski definition) is 2. The topological polar surface area (TPSA) is 92.7 Å². The summed E-state index contributed by atoms with van der Waals surface area (Å²) in [6.45, 7) is 17.2. The van der Waals surface area contributed by atoms with Crippen LogP contribution in [-0.2, 0) is 14.3 Å². The molecule has 2 N–H and O–H groups in total. The van der Waals surface area contributed by atoms with Crippen LogP contribution >= 0.6 is 0 Å². The van der Waals surface area contributed by atoms with E-state index in [1.54, 1.807) is 20.8 Å². The Hall–Kier alpha value is -1.59. The van der Waals surface area contributed by atoms with E-state index in [0.717, 1.165) is 6.42 Å². The molecule has 0 heterocycles. The zero-order valence-corrected chi connectivity index (χ0v) is 19.5. The van der Waals surface area contributed by atoms with Gasteiger partial charge in [-0.25, -0.2) is 4.79 Å². The fraction of sp³-hybridized carbons (Fsp3) is 0.870. The van der Waals surface area contributed by atoms with Crippen LogP contribution in [0.15, 0.2) is 0 Å². The van der Waals surface area contributed by atoms with E-state index < -0.39 is 35.0 Å². The highest BCUT2D eigenvalue weighted by molar-refractivity contribution is 5.91. The highest BCUT2D eigenvalue weighted by atomic mass is 16.6. The van der Waals surface area contributed by atoms with Crippen molar-refractivity contribution < 1.29 is 24.2 Å². The number of carboxylic acid groups (broad SMARTS) is 1. The zero-order chi connectivity index (χ0) is 22.5. The number of alkyl carbamates (subject to hydrolysis) is 1. The minimum absolute atomic E-state index is 0.0174. The molecule has 0 aromatic heterocycles. The van der Waals surface area contributed by atoms with Gasteiger partial charge in [0.1, 0.15) is 5.60 Å². The van der Waals surface area contributed by atoms with Crippen LogP contribution in [0, 0.1) is 40.4 Å². The van der Waals surface area contributed by atoms with E-state index in [1.165, 1.54) is 0 Å². The predicted molar refractivity (Wildman–Crippen MR) is 111 cm³/mol. The molecule has 0 bridgehead atoms. The summed E-state index contributed by atoms with van der Waals surface area (Å²) in [7, 11) is 0. The number of amides is 1. The molecule has 2 rings (SSSR count). The van der Waals surface area contributed by atoms with Gasteiger partial charge in [-0.05, 0) is 62.2 Å². The maximum Gasteiger partial charge on any atom is 0.408 e. The van der Waals surface area contributed by atoms with Gasteiger partial charge in [-0.15, -0.1) is 0 Å². The van der Waals surface area contributed by atoms with Gasteiger partial charge in [0.2, 0.25) is 0 Å². The SMILES string of the molecule is CC1C(C(=O)[C@@H](NC(=O)OC(C)(C)C)C(C)(C)C)CC[C@H]2[C@@H]([C@H]1C(=O)O)C2(C)C. The van der Waals surface area contributed by atoms with Crippen molar-refractivity contribution in [3.63, 3.8) is 0 Å². The Morgan fingerprint density at radius 3 is 2.07 bits per heavy atom. The maximum absolute atomic E-state index is 13.6. The predicted octanol–water partition coefficient (Wildman–Crippen LogP) is 4.51. The highest BCUT2D eigenvalue weighted by Gasteiger charge is 2.65. The van der Waals surface area contributed by atoms with Crippen molar-refractivity contribution in [3.8, 4) is 0 Å². The first-order valence-corrected chi connectivity index (χ1v) is 10.7. The van der Waals surface area contributed by atoms with E-state index in [9.17, 15) is 19.5 Å². The molecule has 2 unspecified atom stereocenters. The second kappa shape index (κ2) is 7.59. The van der Waals surface area contributed by atoms with Gasteiger partial charge in [-0.1, -0.05) is 41.5 Å². The van der Waals surface area contributed by atoms with Gasteiger partial charge in [0.25, 0.3) is 0 Å². The average Bonchev–Trinajstić information content (AvgIpc) is 3.08. The van der Waals surface area contributed by atoms with Gasteiger partial charge in [0.15, 0.2) is 5.78 Å². The highest BCUT2D eigenvalue weighted by Crippen LogP contribution is 2.67. The van der Waals surface area contributed by atoms with Gasteiger partial charge < -0.3 is 15.2 Å². The van der Waals surface area contributed by atoms with Crippen LogP contribution in [0.2, 0.25) is 0 Å². The van der Waals surface area contributed by atoms with Crippen LogP contribution in [0.1, 0.15) is 75.2 Å². The summed E-state index contributed by atoms with van der Waals surface area (Å²) in [6, 6.07) is -0.735. The lowest BCUT2D eigenvalue weighted by Gasteiger charge is -2.36. The van der Waals surface area contributed by atoms with Gasteiger partial charge in [0.05, 0.1) is 12.0 Å². The number of hydrogen-bond acceptors (Lipinski definition) is 4. The quantitative estimate of drug-likeness (QED) is 0.712. The van der Waals surface area contributed by atoms with E-state index in [4.69, 9.17) is 4.74 Å². The molecule has 0 aliphatic heterocycles. The maximum atomic E-state index is 13.6. The summed E-state index contributed by atoms with van der Waals surface area (Å²) in [6.07, 6.45) is 0.897. The molecule has 0 spiro atoms. The Labute approximate surface area is 175 Å². The minimum atomic E-state index is -0.815. The Bertz CT molecular complexity index is 670. The van der Waals surface area contributed by atoms with Crippen LogP contribution in [0.4, 0.5) is 4.79 Å². The number of ketones is 1. The van der Waals surface area contributed by atoms with Crippen molar-refractivity contribution >= 4 is 17.8 Å². The van der Waals surface area contributed by atoms with Crippen molar-refractivity contribution in [1.29, 1.82) is 0 Å². The van der Waals surface area contributed by atoms with Gasteiger partial charge in [0, 0.05) is 5.92 Å². The molecule has 166 valence electrons. The third-order valence-electron chi connectivity index (χ3n) is 6.98. The molecule has 2 fully saturated rings. The zero-order valence-electron chi connectivity index (χ0n) is 19.5. The average molecular weight is 410 g/mol. The van der Waals surface area contributed by atoms with Crippen LogP contribution in [-0.4, -0.2) is 34.6 Å². The molecule has 0 saturated heterocycles. The number of fused-ring (bicyclic) bond motifs is 1. The molecule has 0 aromatic rings. The number of nitrogens with one attached hydrogen (secondary N) is 1. The lowest BCUT2D eigenvalue weighted by molar-refractivity contribution is -0.146. The molecular formula is C23H39NO5. The molecule has 6 heteroatoms. The van der Waals surface area contributed by atoms with Crippen molar-refractivity contribution in [3.05, 3.63) is 0 Å². The second-order valence-electron chi connectivity index (χ2n) is 11.7.